The molecule has 120 valence electrons. The summed E-state index contributed by atoms with van der Waals surface area (Å²) in [6.07, 6.45) is 1.26. The summed E-state index contributed by atoms with van der Waals surface area (Å²) in [5.74, 6) is -2.41. The first-order chi connectivity index (χ1) is 11.0. The van der Waals surface area contributed by atoms with E-state index in [0.717, 1.165) is 18.2 Å². The van der Waals surface area contributed by atoms with Gasteiger partial charge in [-0.1, -0.05) is 0 Å². The van der Waals surface area contributed by atoms with Crippen LogP contribution in [0.25, 0.3) is 0 Å². The Labute approximate surface area is 130 Å². The molecule has 0 radical (unpaired) electrons. The van der Waals surface area contributed by atoms with Crippen molar-refractivity contribution in [1.29, 1.82) is 0 Å². The molecule has 0 unspecified atom stereocenters. The van der Waals surface area contributed by atoms with Gasteiger partial charge in [0.15, 0.2) is 11.6 Å². The van der Waals surface area contributed by atoms with Crippen LogP contribution in [0.2, 0.25) is 0 Å². The molecule has 0 spiro atoms. The lowest BCUT2D eigenvalue weighted by atomic mass is 10.2. The van der Waals surface area contributed by atoms with Gasteiger partial charge in [-0.3, -0.25) is 0 Å². The highest BCUT2D eigenvalue weighted by Gasteiger charge is 2.08. The van der Waals surface area contributed by atoms with Gasteiger partial charge in [-0.05, 0) is 35.9 Å². The maximum atomic E-state index is 13.9. The normalized spacial score (nSPS) is 10.7. The lowest BCUT2D eigenvalue weighted by Gasteiger charge is -2.08. The summed E-state index contributed by atoms with van der Waals surface area (Å²) in [6.45, 7) is -0.232. The van der Waals surface area contributed by atoms with Crippen LogP contribution in [0.5, 0.6) is 5.75 Å². The van der Waals surface area contributed by atoms with Crippen molar-refractivity contribution in [2.75, 3.05) is 0 Å². The van der Waals surface area contributed by atoms with Crippen molar-refractivity contribution in [1.82, 2.24) is 0 Å². The molecule has 0 aliphatic rings. The predicted molar refractivity (Wildman–Crippen MR) is 80.5 cm³/mol. The molecule has 0 saturated heterocycles. The van der Waals surface area contributed by atoms with Crippen LogP contribution >= 0.6 is 0 Å². The largest absolute Gasteiger partial charge is 0.486 e. The van der Waals surface area contributed by atoms with Crippen LogP contribution in [0.3, 0.4) is 0 Å². The minimum Gasteiger partial charge on any atom is -0.486 e. The van der Waals surface area contributed by atoms with Crippen LogP contribution < -0.4 is 16.2 Å². The Kier molecular flexibility index (Phi) is 5.19. The smallest absolute Gasteiger partial charge is 0.211 e. The number of nitrogens with two attached hydrogens (primary N) is 2. The van der Waals surface area contributed by atoms with Gasteiger partial charge in [0.25, 0.3) is 0 Å². The molecule has 8 heteroatoms. The second-order valence-electron chi connectivity index (χ2n) is 4.48. The number of ether oxygens (including phenoxy) is 1. The molecule has 23 heavy (non-hydrogen) atoms. The summed E-state index contributed by atoms with van der Waals surface area (Å²) in [6, 6.07) is 7.10. The summed E-state index contributed by atoms with van der Waals surface area (Å²) in [5.41, 5.74) is 10.7. The van der Waals surface area contributed by atoms with Gasteiger partial charge in [-0.2, -0.15) is 5.10 Å². The van der Waals surface area contributed by atoms with E-state index >= 15 is 0 Å². The van der Waals surface area contributed by atoms with Crippen molar-refractivity contribution < 1.29 is 17.9 Å². The fourth-order valence-electron chi connectivity index (χ4n) is 1.67. The Hall–Kier alpha value is -3.03. The first-order valence-corrected chi connectivity index (χ1v) is 6.44. The molecule has 5 nitrogen and oxygen atoms in total. The van der Waals surface area contributed by atoms with Gasteiger partial charge >= 0.3 is 0 Å². The SMILES string of the molecule is NC(N)=NN=Cc1ccc(OCc2ccc(F)cc2F)c(F)c1. The maximum absolute atomic E-state index is 13.9. The second kappa shape index (κ2) is 7.30. The molecule has 0 saturated carbocycles. The van der Waals surface area contributed by atoms with Crippen molar-refractivity contribution >= 4 is 12.2 Å². The van der Waals surface area contributed by atoms with E-state index in [4.69, 9.17) is 16.2 Å². The zero-order valence-corrected chi connectivity index (χ0v) is 11.8. The van der Waals surface area contributed by atoms with Crippen molar-refractivity contribution in [3.8, 4) is 5.75 Å². The third kappa shape index (κ3) is 4.73. The zero-order valence-electron chi connectivity index (χ0n) is 11.8. The minimum atomic E-state index is -0.758. The van der Waals surface area contributed by atoms with E-state index < -0.39 is 17.5 Å². The van der Waals surface area contributed by atoms with E-state index in [0.29, 0.717) is 5.56 Å². The van der Waals surface area contributed by atoms with Crippen molar-refractivity contribution in [3.05, 3.63) is 65.0 Å². The highest BCUT2D eigenvalue weighted by Crippen LogP contribution is 2.20. The number of rotatable bonds is 5. The van der Waals surface area contributed by atoms with Crippen LogP contribution in [0.15, 0.2) is 46.6 Å². The predicted octanol–water partition coefficient (Wildman–Crippen LogP) is 2.29. The van der Waals surface area contributed by atoms with E-state index in [9.17, 15) is 13.2 Å². The first-order valence-electron chi connectivity index (χ1n) is 6.44. The molecule has 0 aliphatic heterocycles. The topological polar surface area (TPSA) is 86.0 Å². The molecule has 0 amide bonds. The Bertz CT molecular complexity index is 758. The second-order valence-corrected chi connectivity index (χ2v) is 4.48. The number of halogens is 3. The number of hydrogen-bond acceptors (Lipinski definition) is 3. The molecule has 0 aromatic heterocycles. The van der Waals surface area contributed by atoms with Crippen LogP contribution in [-0.4, -0.2) is 12.2 Å². The van der Waals surface area contributed by atoms with E-state index in [1.165, 1.54) is 24.4 Å². The van der Waals surface area contributed by atoms with Crippen LogP contribution in [0.1, 0.15) is 11.1 Å². The standard InChI is InChI=1S/C15H13F3N4O/c16-11-3-2-10(12(17)6-11)8-23-14-4-1-9(5-13(14)18)7-21-22-15(19)20/h1-7H,8H2,(H4,19,20,22). The van der Waals surface area contributed by atoms with Crippen LogP contribution in [0.4, 0.5) is 13.2 Å². The molecule has 2 aromatic rings. The summed E-state index contributed by atoms with van der Waals surface area (Å²) in [7, 11) is 0. The maximum Gasteiger partial charge on any atom is 0.211 e. The Morgan fingerprint density at radius 2 is 1.83 bits per heavy atom. The van der Waals surface area contributed by atoms with Crippen molar-refractivity contribution in [2.45, 2.75) is 6.61 Å². The summed E-state index contributed by atoms with van der Waals surface area (Å²) in [4.78, 5) is 0. The number of nitrogens with zero attached hydrogens (tertiary/aromatic N) is 2. The Balaban J connectivity index is 2.06. The van der Waals surface area contributed by atoms with Crippen molar-refractivity contribution in [3.63, 3.8) is 0 Å². The van der Waals surface area contributed by atoms with Gasteiger partial charge in [0.1, 0.15) is 18.2 Å². The number of benzene rings is 2. The lowest BCUT2D eigenvalue weighted by Crippen LogP contribution is -2.21. The quantitative estimate of drug-likeness (QED) is 0.503. The van der Waals surface area contributed by atoms with E-state index in [-0.39, 0.29) is 23.9 Å². The minimum absolute atomic E-state index is 0.0762. The lowest BCUT2D eigenvalue weighted by molar-refractivity contribution is 0.284. The molecule has 0 fully saturated rings. The molecule has 2 aromatic carbocycles. The fraction of sp³-hybridized carbons (Fsp3) is 0.0667. The number of hydrogen-bond donors (Lipinski definition) is 2. The average Bonchev–Trinajstić information content (AvgIpc) is 2.47. The molecule has 0 atom stereocenters. The summed E-state index contributed by atoms with van der Waals surface area (Å²) >= 11 is 0. The molecule has 0 heterocycles. The summed E-state index contributed by atoms with van der Waals surface area (Å²) in [5, 5.41) is 6.93. The monoisotopic (exact) mass is 322 g/mol. The third-order valence-electron chi connectivity index (χ3n) is 2.73. The Morgan fingerprint density at radius 1 is 1.04 bits per heavy atom. The molecular formula is C15H13F3N4O. The zero-order chi connectivity index (χ0) is 16.8. The van der Waals surface area contributed by atoms with Gasteiger partial charge in [0.2, 0.25) is 5.96 Å². The third-order valence-corrected chi connectivity index (χ3v) is 2.73. The van der Waals surface area contributed by atoms with Gasteiger partial charge in [0.05, 0.1) is 6.21 Å². The fourth-order valence-corrected chi connectivity index (χ4v) is 1.67. The Morgan fingerprint density at radius 3 is 2.48 bits per heavy atom. The average molecular weight is 322 g/mol. The molecule has 0 aliphatic carbocycles. The molecule has 4 N–H and O–H groups in total. The molecule has 2 rings (SSSR count). The van der Waals surface area contributed by atoms with Crippen molar-refractivity contribution in [2.24, 2.45) is 21.7 Å². The van der Waals surface area contributed by atoms with Crippen LogP contribution in [0, 0.1) is 17.5 Å². The van der Waals surface area contributed by atoms with E-state index in [1.807, 2.05) is 0 Å². The van der Waals surface area contributed by atoms with E-state index in [2.05, 4.69) is 10.2 Å². The highest BCUT2D eigenvalue weighted by atomic mass is 19.1. The van der Waals surface area contributed by atoms with Crippen LogP contribution in [-0.2, 0) is 6.61 Å². The van der Waals surface area contributed by atoms with Gasteiger partial charge in [-0.25, -0.2) is 13.2 Å². The first kappa shape index (κ1) is 16.3. The summed E-state index contributed by atoms with van der Waals surface area (Å²) < 4.78 is 45.3. The highest BCUT2D eigenvalue weighted by molar-refractivity contribution is 5.81. The molecule has 0 bridgehead atoms. The van der Waals surface area contributed by atoms with Gasteiger partial charge in [0, 0.05) is 11.6 Å². The number of guanidine groups is 1. The van der Waals surface area contributed by atoms with E-state index in [1.54, 1.807) is 0 Å². The van der Waals surface area contributed by atoms with Gasteiger partial charge < -0.3 is 16.2 Å². The molecular weight excluding hydrogens is 309 g/mol. The van der Waals surface area contributed by atoms with Gasteiger partial charge in [-0.15, -0.1) is 5.10 Å².